The van der Waals surface area contributed by atoms with Crippen LogP contribution >= 0.6 is 0 Å². The van der Waals surface area contributed by atoms with Crippen LogP contribution in [-0.2, 0) is 0 Å². The Morgan fingerprint density at radius 1 is 0.903 bits per heavy atom. The standard InChI is InChI=1S/C16H12N2O2.C10H23N/c19-16(20)13-10-14(11-6-8-17-9-7-11)18-15(13)12-4-2-1-3-5-12;1-2-3-4-5-6-7-8-9-10-11/h1-10,18H,(H,19,20);2-11H2,1H3. The summed E-state index contributed by atoms with van der Waals surface area (Å²) in [5.41, 5.74) is 8.80. The van der Waals surface area contributed by atoms with Crippen LogP contribution in [0.1, 0.15) is 68.6 Å². The van der Waals surface area contributed by atoms with E-state index in [1.807, 2.05) is 42.5 Å². The van der Waals surface area contributed by atoms with Crippen molar-refractivity contribution in [3.8, 4) is 22.5 Å². The minimum atomic E-state index is -0.944. The molecule has 0 spiro atoms. The molecule has 5 heteroatoms. The number of pyridine rings is 1. The van der Waals surface area contributed by atoms with E-state index in [0.29, 0.717) is 5.69 Å². The van der Waals surface area contributed by atoms with Gasteiger partial charge in [-0.05, 0) is 36.7 Å². The fourth-order valence-corrected chi connectivity index (χ4v) is 3.42. The molecule has 0 saturated carbocycles. The maximum Gasteiger partial charge on any atom is 0.337 e. The molecule has 0 unspecified atom stereocenters. The summed E-state index contributed by atoms with van der Waals surface area (Å²) in [6, 6.07) is 14.8. The third-order valence-corrected chi connectivity index (χ3v) is 5.16. The molecule has 166 valence electrons. The van der Waals surface area contributed by atoms with Gasteiger partial charge in [0.15, 0.2) is 0 Å². The lowest BCUT2D eigenvalue weighted by Gasteiger charge is -2.00. The van der Waals surface area contributed by atoms with Gasteiger partial charge >= 0.3 is 5.97 Å². The number of rotatable bonds is 11. The van der Waals surface area contributed by atoms with Crippen molar-refractivity contribution in [1.29, 1.82) is 0 Å². The maximum atomic E-state index is 11.4. The van der Waals surface area contributed by atoms with Gasteiger partial charge in [0.1, 0.15) is 0 Å². The zero-order valence-corrected chi connectivity index (χ0v) is 18.5. The average molecular weight is 422 g/mol. The summed E-state index contributed by atoms with van der Waals surface area (Å²) < 4.78 is 0. The van der Waals surface area contributed by atoms with E-state index in [4.69, 9.17) is 5.73 Å². The molecule has 0 bridgehead atoms. The first-order valence-electron chi connectivity index (χ1n) is 11.3. The predicted molar refractivity (Wildman–Crippen MR) is 128 cm³/mol. The highest BCUT2D eigenvalue weighted by molar-refractivity contribution is 5.97. The third kappa shape index (κ3) is 8.38. The SMILES string of the molecule is CCCCCCCCCCN.O=C(O)c1cc(-c2ccncc2)[nH]c1-c1ccccc1. The number of nitrogens with two attached hydrogens (primary N) is 1. The molecule has 0 radical (unpaired) electrons. The molecule has 0 aliphatic carbocycles. The zero-order valence-electron chi connectivity index (χ0n) is 18.5. The van der Waals surface area contributed by atoms with Gasteiger partial charge in [-0.3, -0.25) is 4.98 Å². The van der Waals surface area contributed by atoms with Gasteiger partial charge in [-0.15, -0.1) is 0 Å². The molecule has 0 fully saturated rings. The van der Waals surface area contributed by atoms with Crippen molar-refractivity contribution in [1.82, 2.24) is 9.97 Å². The molecule has 5 nitrogen and oxygen atoms in total. The van der Waals surface area contributed by atoms with Gasteiger partial charge in [-0.2, -0.15) is 0 Å². The number of carboxylic acid groups (broad SMARTS) is 1. The molecular weight excluding hydrogens is 386 g/mol. The smallest absolute Gasteiger partial charge is 0.337 e. The molecule has 3 rings (SSSR count). The molecule has 2 heterocycles. The van der Waals surface area contributed by atoms with Crippen molar-refractivity contribution in [2.45, 2.75) is 58.3 Å². The lowest BCUT2D eigenvalue weighted by molar-refractivity contribution is 0.0698. The fourth-order valence-electron chi connectivity index (χ4n) is 3.42. The second kappa shape index (κ2) is 14.1. The van der Waals surface area contributed by atoms with Crippen molar-refractivity contribution in [3.63, 3.8) is 0 Å². The Morgan fingerprint density at radius 3 is 2.10 bits per heavy atom. The first-order valence-corrected chi connectivity index (χ1v) is 11.3. The molecule has 3 aromatic rings. The predicted octanol–water partition coefficient (Wildman–Crippen LogP) is 6.53. The number of aromatic amines is 1. The largest absolute Gasteiger partial charge is 0.478 e. The fraction of sp³-hybridized carbons (Fsp3) is 0.385. The molecule has 0 aliphatic rings. The number of hydrogen-bond acceptors (Lipinski definition) is 3. The Hall–Kier alpha value is -2.92. The van der Waals surface area contributed by atoms with E-state index in [9.17, 15) is 9.90 Å². The van der Waals surface area contributed by atoms with Crippen LogP contribution in [0.3, 0.4) is 0 Å². The number of aromatic nitrogens is 2. The number of hydrogen-bond donors (Lipinski definition) is 3. The number of aromatic carboxylic acids is 1. The number of benzene rings is 1. The summed E-state index contributed by atoms with van der Waals surface area (Å²) in [6.07, 6.45) is 14.3. The highest BCUT2D eigenvalue weighted by Crippen LogP contribution is 2.28. The second-order valence-corrected chi connectivity index (χ2v) is 7.64. The molecule has 0 saturated heterocycles. The van der Waals surface area contributed by atoms with Crippen molar-refractivity contribution in [2.75, 3.05) is 6.54 Å². The minimum Gasteiger partial charge on any atom is -0.478 e. The summed E-state index contributed by atoms with van der Waals surface area (Å²) in [5, 5.41) is 9.35. The molecule has 0 aliphatic heterocycles. The van der Waals surface area contributed by atoms with E-state index < -0.39 is 5.97 Å². The Labute approximate surface area is 185 Å². The summed E-state index contributed by atoms with van der Waals surface area (Å²) in [6.45, 7) is 3.13. The quantitative estimate of drug-likeness (QED) is 0.307. The van der Waals surface area contributed by atoms with Gasteiger partial charge in [-0.1, -0.05) is 82.2 Å². The first-order chi connectivity index (χ1) is 15.2. The van der Waals surface area contributed by atoms with Crippen LogP contribution in [0.5, 0.6) is 0 Å². The molecule has 0 atom stereocenters. The molecule has 1 aromatic carbocycles. The van der Waals surface area contributed by atoms with Gasteiger partial charge in [0.05, 0.1) is 11.3 Å². The van der Waals surface area contributed by atoms with Crippen molar-refractivity contribution in [3.05, 3.63) is 66.5 Å². The number of H-pyrrole nitrogens is 1. The zero-order chi connectivity index (χ0) is 22.3. The summed E-state index contributed by atoms with van der Waals surface area (Å²) in [7, 11) is 0. The van der Waals surface area contributed by atoms with Gasteiger partial charge in [0.2, 0.25) is 0 Å². The van der Waals surface area contributed by atoms with Crippen LogP contribution < -0.4 is 5.73 Å². The molecule has 4 N–H and O–H groups in total. The van der Waals surface area contributed by atoms with Crippen molar-refractivity contribution >= 4 is 5.97 Å². The first kappa shape index (κ1) is 24.4. The molecular formula is C26H35N3O2. The summed E-state index contributed by atoms with van der Waals surface area (Å²) in [5.74, 6) is -0.944. The number of unbranched alkanes of at least 4 members (excludes halogenated alkanes) is 7. The molecule has 31 heavy (non-hydrogen) atoms. The maximum absolute atomic E-state index is 11.4. The molecule has 0 amide bonds. The summed E-state index contributed by atoms with van der Waals surface area (Å²) >= 11 is 0. The van der Waals surface area contributed by atoms with E-state index in [1.165, 1.54) is 51.4 Å². The third-order valence-electron chi connectivity index (χ3n) is 5.16. The van der Waals surface area contributed by atoms with Crippen LogP contribution in [0, 0.1) is 0 Å². The van der Waals surface area contributed by atoms with Gasteiger partial charge in [0, 0.05) is 23.7 Å². The number of nitrogens with one attached hydrogen (secondary N) is 1. The monoisotopic (exact) mass is 421 g/mol. The van der Waals surface area contributed by atoms with Crippen LogP contribution in [0.4, 0.5) is 0 Å². The average Bonchev–Trinajstić information content (AvgIpc) is 3.26. The van der Waals surface area contributed by atoms with Crippen molar-refractivity contribution in [2.24, 2.45) is 5.73 Å². The van der Waals surface area contributed by atoms with Gasteiger partial charge in [-0.25, -0.2) is 4.79 Å². The van der Waals surface area contributed by atoms with E-state index in [-0.39, 0.29) is 5.56 Å². The highest BCUT2D eigenvalue weighted by atomic mass is 16.4. The topological polar surface area (TPSA) is 92.0 Å². The van der Waals surface area contributed by atoms with E-state index in [2.05, 4.69) is 16.9 Å². The number of nitrogens with zero attached hydrogens (tertiary/aromatic N) is 1. The Kier molecular flexibility index (Phi) is 11.1. The Bertz CT molecular complexity index is 868. The minimum absolute atomic E-state index is 0.267. The number of carbonyl (C=O) groups is 1. The van der Waals surface area contributed by atoms with Crippen LogP contribution in [0.2, 0.25) is 0 Å². The van der Waals surface area contributed by atoms with E-state index in [1.54, 1.807) is 18.5 Å². The highest BCUT2D eigenvalue weighted by Gasteiger charge is 2.16. The van der Waals surface area contributed by atoms with Crippen LogP contribution in [0.25, 0.3) is 22.5 Å². The second-order valence-electron chi connectivity index (χ2n) is 7.64. The molecule has 2 aromatic heterocycles. The van der Waals surface area contributed by atoms with Crippen LogP contribution in [0.15, 0.2) is 60.9 Å². The van der Waals surface area contributed by atoms with Crippen molar-refractivity contribution < 1.29 is 9.90 Å². The Balaban J connectivity index is 0.000000267. The lowest BCUT2D eigenvalue weighted by atomic mass is 10.1. The lowest BCUT2D eigenvalue weighted by Crippen LogP contribution is -1.97. The van der Waals surface area contributed by atoms with E-state index in [0.717, 1.165) is 23.4 Å². The Morgan fingerprint density at radius 2 is 1.52 bits per heavy atom. The van der Waals surface area contributed by atoms with Gasteiger partial charge < -0.3 is 15.8 Å². The normalized spacial score (nSPS) is 10.4. The summed E-state index contributed by atoms with van der Waals surface area (Å²) in [4.78, 5) is 18.6. The van der Waals surface area contributed by atoms with Gasteiger partial charge in [0.25, 0.3) is 0 Å². The van der Waals surface area contributed by atoms with E-state index >= 15 is 0 Å². The number of carboxylic acids is 1. The van der Waals surface area contributed by atoms with Crippen LogP contribution in [-0.4, -0.2) is 27.6 Å².